The minimum atomic E-state index is -0.545. The molecule has 8 nitrogen and oxygen atoms in total. The summed E-state index contributed by atoms with van der Waals surface area (Å²) >= 11 is 0. The van der Waals surface area contributed by atoms with Crippen molar-refractivity contribution < 1.29 is 28.6 Å². The number of hydrogen-bond acceptors (Lipinski definition) is 6. The molecule has 2 aliphatic rings. The maximum atomic E-state index is 12.7. The van der Waals surface area contributed by atoms with Crippen molar-refractivity contribution in [1.29, 1.82) is 0 Å². The lowest BCUT2D eigenvalue weighted by molar-refractivity contribution is -0.135. The van der Waals surface area contributed by atoms with Gasteiger partial charge >= 0.3 is 5.97 Å². The van der Waals surface area contributed by atoms with Crippen LogP contribution in [-0.4, -0.2) is 61.5 Å². The first kappa shape index (κ1) is 22.6. The van der Waals surface area contributed by atoms with Crippen molar-refractivity contribution in [3.8, 4) is 11.5 Å². The standard InChI is InChI=1S/C25H28N2O6/c1-31-21-12-19-9-11-27(15-20(19)13-22(21)32-2)24(29)16-33-25(30)18-7-5-17(6-8-18)14-26-10-3-4-23(26)28/h5-8,12-13H,3-4,9-11,14-16H2,1-2H3. The van der Waals surface area contributed by atoms with E-state index in [1.807, 2.05) is 29.2 Å². The molecule has 0 saturated carbocycles. The van der Waals surface area contributed by atoms with E-state index in [0.29, 0.717) is 49.5 Å². The molecular weight excluding hydrogens is 424 g/mol. The number of fused-ring (bicyclic) bond motifs is 1. The van der Waals surface area contributed by atoms with Crippen LogP contribution in [0.1, 0.15) is 39.9 Å². The molecule has 2 heterocycles. The summed E-state index contributed by atoms with van der Waals surface area (Å²) < 4.78 is 16.0. The average Bonchev–Trinajstić information content (AvgIpc) is 3.25. The summed E-state index contributed by atoms with van der Waals surface area (Å²) in [7, 11) is 3.17. The predicted molar refractivity (Wildman–Crippen MR) is 120 cm³/mol. The van der Waals surface area contributed by atoms with Crippen molar-refractivity contribution in [2.75, 3.05) is 33.9 Å². The number of rotatable bonds is 7. The summed E-state index contributed by atoms with van der Waals surface area (Å²) in [6, 6.07) is 10.8. The quantitative estimate of drug-likeness (QED) is 0.601. The largest absolute Gasteiger partial charge is 0.493 e. The van der Waals surface area contributed by atoms with Crippen LogP contribution >= 0.6 is 0 Å². The number of esters is 1. The van der Waals surface area contributed by atoms with Crippen molar-refractivity contribution in [3.63, 3.8) is 0 Å². The molecule has 2 aromatic rings. The van der Waals surface area contributed by atoms with Crippen molar-refractivity contribution >= 4 is 17.8 Å². The van der Waals surface area contributed by atoms with Gasteiger partial charge in [0.1, 0.15) is 0 Å². The molecule has 8 heteroatoms. The van der Waals surface area contributed by atoms with E-state index in [2.05, 4.69) is 0 Å². The lowest BCUT2D eigenvalue weighted by atomic mass is 9.99. The molecule has 0 N–H and O–H groups in total. The van der Waals surface area contributed by atoms with E-state index in [4.69, 9.17) is 14.2 Å². The average molecular weight is 453 g/mol. The molecule has 174 valence electrons. The van der Waals surface area contributed by atoms with Gasteiger partial charge in [0.15, 0.2) is 18.1 Å². The van der Waals surface area contributed by atoms with Crippen LogP contribution in [0.4, 0.5) is 0 Å². The van der Waals surface area contributed by atoms with Crippen LogP contribution in [0.3, 0.4) is 0 Å². The third kappa shape index (κ3) is 5.10. The molecule has 1 fully saturated rings. The first-order valence-electron chi connectivity index (χ1n) is 11.0. The zero-order valence-electron chi connectivity index (χ0n) is 19.0. The Balaban J connectivity index is 1.30. The maximum absolute atomic E-state index is 12.7. The molecular formula is C25H28N2O6. The van der Waals surface area contributed by atoms with Gasteiger partial charge in [0.05, 0.1) is 19.8 Å². The van der Waals surface area contributed by atoms with Gasteiger partial charge in [0.2, 0.25) is 5.91 Å². The first-order chi connectivity index (χ1) is 16.0. The molecule has 2 aliphatic heterocycles. The smallest absolute Gasteiger partial charge is 0.338 e. The minimum Gasteiger partial charge on any atom is -0.493 e. The summed E-state index contributed by atoms with van der Waals surface area (Å²) in [4.78, 5) is 40.3. The van der Waals surface area contributed by atoms with Gasteiger partial charge in [0.25, 0.3) is 5.91 Å². The molecule has 0 bridgehead atoms. The SMILES string of the molecule is COc1cc2c(cc1OC)CN(C(=O)COC(=O)c1ccc(CN3CCCC3=O)cc1)CC2. The Kier molecular flexibility index (Phi) is 6.82. The monoisotopic (exact) mass is 452 g/mol. The second kappa shape index (κ2) is 9.94. The molecule has 0 atom stereocenters. The van der Waals surface area contributed by atoms with E-state index < -0.39 is 5.97 Å². The highest BCUT2D eigenvalue weighted by molar-refractivity contribution is 5.91. The van der Waals surface area contributed by atoms with Crippen molar-refractivity contribution in [2.45, 2.75) is 32.4 Å². The van der Waals surface area contributed by atoms with Crippen LogP contribution in [-0.2, 0) is 33.8 Å². The molecule has 33 heavy (non-hydrogen) atoms. The van der Waals surface area contributed by atoms with Gasteiger partial charge in [-0.25, -0.2) is 4.79 Å². The molecule has 0 spiro atoms. The Hall–Kier alpha value is -3.55. The number of likely N-dealkylation sites (tertiary alicyclic amines) is 1. The Labute approximate surface area is 193 Å². The number of carbonyl (C=O) groups excluding carboxylic acids is 3. The number of benzene rings is 2. The van der Waals surface area contributed by atoms with Gasteiger partial charge in [-0.05, 0) is 53.8 Å². The first-order valence-corrected chi connectivity index (χ1v) is 11.0. The number of carbonyl (C=O) groups is 3. The van der Waals surface area contributed by atoms with E-state index in [1.54, 1.807) is 31.3 Å². The summed E-state index contributed by atoms with van der Waals surface area (Å²) in [6.07, 6.45) is 2.18. The Bertz CT molecular complexity index is 1050. The molecule has 0 unspecified atom stereocenters. The third-order valence-electron chi connectivity index (χ3n) is 6.13. The fraction of sp³-hybridized carbons (Fsp3) is 0.400. The Morgan fingerprint density at radius 1 is 0.939 bits per heavy atom. The summed E-state index contributed by atoms with van der Waals surface area (Å²) in [6.45, 7) is 1.97. The van der Waals surface area contributed by atoms with E-state index in [1.165, 1.54) is 0 Å². The van der Waals surface area contributed by atoms with Gasteiger partial charge in [-0.3, -0.25) is 9.59 Å². The molecule has 0 aromatic heterocycles. The Morgan fingerprint density at radius 3 is 2.27 bits per heavy atom. The van der Waals surface area contributed by atoms with E-state index >= 15 is 0 Å². The van der Waals surface area contributed by atoms with Gasteiger partial charge in [0, 0.05) is 32.6 Å². The molecule has 1 saturated heterocycles. The zero-order chi connectivity index (χ0) is 23.4. The second-order valence-corrected chi connectivity index (χ2v) is 8.23. The normalized spacial score (nSPS) is 15.3. The van der Waals surface area contributed by atoms with E-state index in [9.17, 15) is 14.4 Å². The fourth-order valence-corrected chi connectivity index (χ4v) is 4.24. The van der Waals surface area contributed by atoms with Crippen LogP contribution in [0.25, 0.3) is 0 Å². The summed E-state index contributed by atoms with van der Waals surface area (Å²) in [5, 5.41) is 0. The van der Waals surface area contributed by atoms with Crippen molar-refractivity contribution in [2.24, 2.45) is 0 Å². The summed E-state index contributed by atoms with van der Waals surface area (Å²) in [5.74, 6) is 0.663. The lowest BCUT2D eigenvalue weighted by Gasteiger charge is -2.29. The maximum Gasteiger partial charge on any atom is 0.338 e. The Morgan fingerprint density at radius 2 is 1.64 bits per heavy atom. The number of nitrogens with zero attached hydrogens (tertiary/aromatic N) is 2. The van der Waals surface area contributed by atoms with Gasteiger partial charge < -0.3 is 24.0 Å². The highest BCUT2D eigenvalue weighted by atomic mass is 16.5. The molecule has 0 radical (unpaired) electrons. The predicted octanol–water partition coefficient (Wildman–Crippen LogP) is 2.57. The zero-order valence-corrected chi connectivity index (χ0v) is 19.0. The van der Waals surface area contributed by atoms with Crippen LogP contribution < -0.4 is 9.47 Å². The molecule has 2 aromatic carbocycles. The van der Waals surface area contributed by atoms with Crippen LogP contribution in [0.2, 0.25) is 0 Å². The third-order valence-corrected chi connectivity index (χ3v) is 6.13. The van der Waals surface area contributed by atoms with Gasteiger partial charge in [-0.1, -0.05) is 12.1 Å². The highest BCUT2D eigenvalue weighted by Gasteiger charge is 2.24. The number of amides is 2. The van der Waals surface area contributed by atoms with Gasteiger partial charge in [-0.15, -0.1) is 0 Å². The number of ether oxygens (including phenoxy) is 3. The van der Waals surface area contributed by atoms with E-state index in [0.717, 1.165) is 29.7 Å². The van der Waals surface area contributed by atoms with Crippen LogP contribution in [0.15, 0.2) is 36.4 Å². The highest BCUT2D eigenvalue weighted by Crippen LogP contribution is 2.33. The van der Waals surface area contributed by atoms with Crippen LogP contribution in [0.5, 0.6) is 11.5 Å². The second-order valence-electron chi connectivity index (χ2n) is 8.23. The van der Waals surface area contributed by atoms with Gasteiger partial charge in [-0.2, -0.15) is 0 Å². The number of hydrogen-bond donors (Lipinski definition) is 0. The van der Waals surface area contributed by atoms with Crippen molar-refractivity contribution in [1.82, 2.24) is 9.80 Å². The van der Waals surface area contributed by atoms with Crippen molar-refractivity contribution in [3.05, 3.63) is 58.7 Å². The number of methoxy groups -OCH3 is 2. The van der Waals surface area contributed by atoms with Crippen LogP contribution in [0, 0.1) is 0 Å². The minimum absolute atomic E-state index is 0.162. The molecule has 2 amide bonds. The topological polar surface area (TPSA) is 85.4 Å². The lowest BCUT2D eigenvalue weighted by Crippen LogP contribution is -2.38. The summed E-state index contributed by atoms with van der Waals surface area (Å²) in [5.41, 5.74) is 3.44. The van der Waals surface area contributed by atoms with E-state index in [-0.39, 0.29) is 18.4 Å². The molecule has 0 aliphatic carbocycles. The fourth-order valence-electron chi connectivity index (χ4n) is 4.24. The molecule has 4 rings (SSSR count).